The van der Waals surface area contributed by atoms with Gasteiger partial charge in [0, 0.05) is 4.47 Å². The van der Waals surface area contributed by atoms with Crippen LogP contribution in [0.3, 0.4) is 0 Å². The number of aliphatic hydroxyl groups is 1. The van der Waals surface area contributed by atoms with Crippen LogP contribution in [0.5, 0.6) is 0 Å². The zero-order chi connectivity index (χ0) is 13.0. The fraction of sp³-hybridized carbons (Fsp3) is 0.545. The smallest absolute Gasteiger partial charge is 0.261 e. The summed E-state index contributed by atoms with van der Waals surface area (Å²) in [6.45, 7) is 4.10. The van der Waals surface area contributed by atoms with E-state index in [4.69, 9.17) is 0 Å². The van der Waals surface area contributed by atoms with Gasteiger partial charge in [-0.3, -0.25) is 4.79 Å². The average molecular weight is 385 g/mol. The molecule has 0 saturated carbocycles. The van der Waals surface area contributed by atoms with Crippen LogP contribution in [-0.4, -0.2) is 23.7 Å². The zero-order valence-corrected chi connectivity index (χ0v) is 13.7. The average Bonchev–Trinajstić information content (AvgIpc) is 2.57. The predicted octanol–water partition coefficient (Wildman–Crippen LogP) is 3.41. The molecule has 17 heavy (non-hydrogen) atoms. The molecule has 3 nitrogen and oxygen atoms in total. The molecule has 0 aliphatic carbocycles. The van der Waals surface area contributed by atoms with E-state index in [9.17, 15) is 9.90 Å². The van der Waals surface area contributed by atoms with Gasteiger partial charge in [-0.15, -0.1) is 11.3 Å². The molecule has 0 saturated heterocycles. The number of aliphatic hydroxyl groups excluding tert-OH is 1. The lowest BCUT2D eigenvalue weighted by molar-refractivity contribution is 0.0912. The maximum atomic E-state index is 11.9. The molecule has 1 amide bonds. The van der Waals surface area contributed by atoms with Gasteiger partial charge in [-0.1, -0.05) is 13.8 Å². The number of rotatable bonds is 5. The highest BCUT2D eigenvalue weighted by Gasteiger charge is 2.17. The van der Waals surface area contributed by atoms with Crippen LogP contribution in [0.25, 0.3) is 0 Å². The van der Waals surface area contributed by atoms with E-state index in [1.54, 1.807) is 6.07 Å². The zero-order valence-electron chi connectivity index (χ0n) is 9.67. The maximum absolute atomic E-state index is 11.9. The molecule has 1 aromatic rings. The summed E-state index contributed by atoms with van der Waals surface area (Å²) in [6, 6.07) is 1.59. The van der Waals surface area contributed by atoms with Crippen LogP contribution in [0.4, 0.5) is 0 Å². The Kier molecular flexibility index (Phi) is 6.12. The summed E-state index contributed by atoms with van der Waals surface area (Å²) in [4.78, 5) is 12.5. The minimum Gasteiger partial charge on any atom is -0.394 e. The number of amides is 1. The summed E-state index contributed by atoms with van der Waals surface area (Å²) in [5, 5.41) is 12.0. The first-order valence-corrected chi connectivity index (χ1v) is 7.70. The van der Waals surface area contributed by atoms with Crippen molar-refractivity contribution in [1.82, 2.24) is 5.32 Å². The third kappa shape index (κ3) is 4.69. The summed E-state index contributed by atoms with van der Waals surface area (Å²) in [6.07, 6.45) is 0.774. The predicted molar refractivity (Wildman–Crippen MR) is 77.5 cm³/mol. The third-order valence-electron chi connectivity index (χ3n) is 2.18. The molecular weight excluding hydrogens is 370 g/mol. The van der Waals surface area contributed by atoms with Crippen LogP contribution in [0, 0.1) is 5.92 Å². The van der Waals surface area contributed by atoms with Crippen LogP contribution in [0.1, 0.15) is 29.9 Å². The van der Waals surface area contributed by atoms with Crippen molar-refractivity contribution in [3.05, 3.63) is 19.2 Å². The third-order valence-corrected chi connectivity index (χ3v) is 5.44. The molecule has 6 heteroatoms. The summed E-state index contributed by atoms with van der Waals surface area (Å²) in [5.74, 6) is 0.301. The van der Waals surface area contributed by atoms with Crippen molar-refractivity contribution in [1.29, 1.82) is 0 Å². The van der Waals surface area contributed by atoms with Gasteiger partial charge >= 0.3 is 0 Å². The van der Waals surface area contributed by atoms with Gasteiger partial charge in [-0.05, 0) is 50.3 Å². The Morgan fingerprint density at radius 2 is 2.18 bits per heavy atom. The molecule has 0 aliphatic heterocycles. The van der Waals surface area contributed by atoms with Gasteiger partial charge < -0.3 is 10.4 Å². The van der Waals surface area contributed by atoms with E-state index in [0.717, 1.165) is 14.7 Å². The Morgan fingerprint density at radius 3 is 2.59 bits per heavy atom. The van der Waals surface area contributed by atoms with E-state index >= 15 is 0 Å². The minimum atomic E-state index is -0.179. The molecule has 1 aromatic heterocycles. The topological polar surface area (TPSA) is 49.3 Å². The Labute approximate surface area is 122 Å². The first-order valence-electron chi connectivity index (χ1n) is 5.30. The molecule has 0 aromatic carbocycles. The number of carbonyl (C=O) groups excluding carboxylic acids is 1. The number of hydrogen-bond donors (Lipinski definition) is 2. The van der Waals surface area contributed by atoms with E-state index in [2.05, 4.69) is 51.0 Å². The quantitative estimate of drug-likeness (QED) is 0.817. The molecule has 0 fully saturated rings. The Bertz CT molecular complexity index is 373. The fourth-order valence-corrected chi connectivity index (χ4v) is 3.40. The number of thiophene rings is 1. The molecule has 96 valence electrons. The van der Waals surface area contributed by atoms with E-state index in [1.807, 2.05) is 0 Å². The van der Waals surface area contributed by atoms with Gasteiger partial charge in [0.05, 0.1) is 21.3 Å². The molecule has 0 bridgehead atoms. The highest BCUT2D eigenvalue weighted by atomic mass is 79.9. The van der Waals surface area contributed by atoms with E-state index in [1.165, 1.54) is 11.3 Å². The molecule has 0 aliphatic rings. The van der Waals surface area contributed by atoms with Crippen molar-refractivity contribution in [2.75, 3.05) is 6.61 Å². The van der Waals surface area contributed by atoms with Crippen molar-refractivity contribution in [3.8, 4) is 0 Å². The minimum absolute atomic E-state index is 0.0301. The Hall–Kier alpha value is 0.0900. The number of hydrogen-bond acceptors (Lipinski definition) is 3. The van der Waals surface area contributed by atoms with Gasteiger partial charge in [-0.2, -0.15) is 0 Å². The second-order valence-electron chi connectivity index (χ2n) is 4.21. The summed E-state index contributed by atoms with van der Waals surface area (Å²) >= 11 is 8.06. The van der Waals surface area contributed by atoms with Crippen LogP contribution in [0.15, 0.2) is 14.3 Å². The molecule has 1 unspecified atom stereocenters. The first kappa shape index (κ1) is 15.1. The SMILES string of the molecule is CC(C)CC(CO)NC(=O)c1cc(Br)c(Br)s1. The van der Waals surface area contributed by atoms with Crippen LogP contribution in [-0.2, 0) is 0 Å². The summed E-state index contributed by atoms with van der Waals surface area (Å²) < 4.78 is 1.77. The molecule has 1 heterocycles. The molecule has 0 radical (unpaired) electrons. The monoisotopic (exact) mass is 383 g/mol. The molecular formula is C11H15Br2NO2S. The van der Waals surface area contributed by atoms with Crippen LogP contribution in [0.2, 0.25) is 0 Å². The van der Waals surface area contributed by atoms with Gasteiger partial charge in [0.1, 0.15) is 0 Å². The second kappa shape index (κ2) is 6.87. The van der Waals surface area contributed by atoms with E-state index in [0.29, 0.717) is 10.8 Å². The lowest BCUT2D eigenvalue weighted by atomic mass is 10.0. The van der Waals surface area contributed by atoms with Gasteiger partial charge in [0.2, 0.25) is 0 Å². The summed E-state index contributed by atoms with van der Waals surface area (Å²) in [5.41, 5.74) is 0. The Morgan fingerprint density at radius 1 is 1.53 bits per heavy atom. The largest absolute Gasteiger partial charge is 0.394 e. The van der Waals surface area contributed by atoms with E-state index < -0.39 is 0 Å². The van der Waals surface area contributed by atoms with Crippen LogP contribution >= 0.6 is 43.2 Å². The standard InChI is InChI=1S/C11H15Br2NO2S/c1-6(2)3-7(5-15)14-11(16)9-4-8(12)10(13)17-9/h4,6-7,15H,3,5H2,1-2H3,(H,14,16). The normalized spacial score (nSPS) is 12.8. The van der Waals surface area contributed by atoms with Crippen molar-refractivity contribution in [2.24, 2.45) is 5.92 Å². The number of nitrogens with one attached hydrogen (secondary N) is 1. The first-order chi connectivity index (χ1) is 7.93. The molecule has 0 spiro atoms. The molecule has 1 rings (SSSR count). The van der Waals surface area contributed by atoms with Gasteiger partial charge in [-0.25, -0.2) is 0 Å². The fourth-order valence-electron chi connectivity index (χ4n) is 1.46. The van der Waals surface area contributed by atoms with E-state index in [-0.39, 0.29) is 18.6 Å². The highest BCUT2D eigenvalue weighted by molar-refractivity contribution is 9.13. The second-order valence-corrected chi connectivity index (χ2v) is 7.44. The Balaban J connectivity index is 2.64. The van der Waals surface area contributed by atoms with Crippen molar-refractivity contribution >= 4 is 49.1 Å². The van der Waals surface area contributed by atoms with Crippen molar-refractivity contribution in [2.45, 2.75) is 26.3 Å². The molecule has 2 N–H and O–H groups in total. The van der Waals surface area contributed by atoms with Gasteiger partial charge in [0.15, 0.2) is 0 Å². The lowest BCUT2D eigenvalue weighted by Gasteiger charge is -2.17. The lowest BCUT2D eigenvalue weighted by Crippen LogP contribution is -2.38. The highest BCUT2D eigenvalue weighted by Crippen LogP contribution is 2.32. The van der Waals surface area contributed by atoms with Crippen molar-refractivity contribution in [3.63, 3.8) is 0 Å². The number of halogens is 2. The van der Waals surface area contributed by atoms with Crippen LogP contribution < -0.4 is 5.32 Å². The molecule has 1 atom stereocenters. The number of carbonyl (C=O) groups is 1. The van der Waals surface area contributed by atoms with Crippen molar-refractivity contribution < 1.29 is 9.90 Å². The maximum Gasteiger partial charge on any atom is 0.261 e. The summed E-state index contributed by atoms with van der Waals surface area (Å²) in [7, 11) is 0. The van der Waals surface area contributed by atoms with Gasteiger partial charge in [0.25, 0.3) is 5.91 Å².